The van der Waals surface area contributed by atoms with Crippen molar-refractivity contribution < 1.29 is 14.6 Å². The van der Waals surface area contributed by atoms with Crippen LogP contribution in [0.1, 0.15) is 18.4 Å². The van der Waals surface area contributed by atoms with E-state index in [1.807, 2.05) is 0 Å². The van der Waals surface area contributed by atoms with E-state index in [1.54, 1.807) is 12.1 Å². The van der Waals surface area contributed by atoms with E-state index >= 15 is 0 Å². The van der Waals surface area contributed by atoms with Crippen molar-refractivity contribution in [1.29, 1.82) is 0 Å². The third-order valence-electron chi connectivity index (χ3n) is 2.81. The molecule has 1 saturated carbocycles. The number of methoxy groups -OCH3 is 1. The third kappa shape index (κ3) is 1.63. The zero-order valence-corrected chi connectivity index (χ0v) is 9.87. The normalized spacial score (nSPS) is 17.2. The maximum Gasteiger partial charge on any atom is 0.162 e. The molecule has 1 fully saturated rings. The molecule has 3 nitrogen and oxygen atoms in total. The van der Waals surface area contributed by atoms with E-state index in [0.717, 1.165) is 23.6 Å². The Hall–Kier alpha value is -1.03. The molecule has 1 aliphatic rings. The van der Waals surface area contributed by atoms with Gasteiger partial charge in [-0.1, -0.05) is 15.9 Å². The molecule has 1 N–H and O–H groups in total. The van der Waals surface area contributed by atoms with Crippen molar-refractivity contribution in [1.82, 2.24) is 0 Å². The van der Waals surface area contributed by atoms with Crippen molar-refractivity contribution in [2.45, 2.75) is 18.3 Å². The number of hydrogen-bond donors (Lipinski definition) is 1. The molecule has 0 saturated heterocycles. The average molecular weight is 271 g/mol. The SMILES string of the molecule is COc1cc(Br)cc(C2(C=O)CC2)c1O. The van der Waals surface area contributed by atoms with Gasteiger partial charge in [0.25, 0.3) is 0 Å². The first-order valence-corrected chi connectivity index (χ1v) is 5.45. The lowest BCUT2D eigenvalue weighted by atomic mass is 9.96. The highest BCUT2D eigenvalue weighted by molar-refractivity contribution is 9.10. The molecular formula is C11H11BrO3. The Kier molecular flexibility index (Phi) is 2.46. The molecule has 1 aliphatic carbocycles. The van der Waals surface area contributed by atoms with E-state index in [9.17, 15) is 9.90 Å². The lowest BCUT2D eigenvalue weighted by Gasteiger charge is -2.13. The van der Waals surface area contributed by atoms with Gasteiger partial charge in [-0.3, -0.25) is 0 Å². The van der Waals surface area contributed by atoms with Crippen LogP contribution in [-0.4, -0.2) is 18.5 Å². The van der Waals surface area contributed by atoms with E-state index in [4.69, 9.17) is 4.74 Å². The number of phenols is 1. The second kappa shape index (κ2) is 3.52. The van der Waals surface area contributed by atoms with Crippen LogP contribution in [0.15, 0.2) is 16.6 Å². The van der Waals surface area contributed by atoms with Gasteiger partial charge in [0.15, 0.2) is 11.5 Å². The minimum absolute atomic E-state index is 0.0744. The Morgan fingerprint density at radius 2 is 2.20 bits per heavy atom. The van der Waals surface area contributed by atoms with E-state index < -0.39 is 5.41 Å². The Morgan fingerprint density at radius 3 is 2.67 bits per heavy atom. The van der Waals surface area contributed by atoms with Gasteiger partial charge < -0.3 is 14.6 Å². The molecule has 15 heavy (non-hydrogen) atoms. The first-order valence-electron chi connectivity index (χ1n) is 4.66. The largest absolute Gasteiger partial charge is 0.504 e. The van der Waals surface area contributed by atoms with Crippen LogP contribution in [0.2, 0.25) is 0 Å². The van der Waals surface area contributed by atoms with Crippen LogP contribution in [-0.2, 0) is 10.2 Å². The molecule has 0 spiro atoms. The quantitative estimate of drug-likeness (QED) is 0.858. The van der Waals surface area contributed by atoms with Crippen molar-refractivity contribution in [3.05, 3.63) is 22.2 Å². The lowest BCUT2D eigenvalue weighted by molar-refractivity contribution is -0.109. The van der Waals surface area contributed by atoms with Crippen molar-refractivity contribution in [2.24, 2.45) is 0 Å². The molecule has 0 aliphatic heterocycles. The summed E-state index contributed by atoms with van der Waals surface area (Å²) in [6, 6.07) is 3.46. The van der Waals surface area contributed by atoms with Gasteiger partial charge in [-0.25, -0.2) is 0 Å². The summed E-state index contributed by atoms with van der Waals surface area (Å²) in [5.41, 5.74) is 0.171. The standard InChI is InChI=1S/C11H11BrO3/c1-15-9-5-7(12)4-8(10(9)14)11(6-13)2-3-11/h4-6,14H,2-3H2,1H3. The highest BCUT2D eigenvalue weighted by atomic mass is 79.9. The average Bonchev–Trinajstić information content (AvgIpc) is 3.01. The zero-order chi connectivity index (χ0) is 11.1. The number of aromatic hydroxyl groups is 1. The molecule has 0 heterocycles. The summed E-state index contributed by atoms with van der Waals surface area (Å²) in [7, 11) is 1.49. The number of ether oxygens (including phenoxy) is 1. The second-order valence-electron chi connectivity index (χ2n) is 3.78. The molecule has 0 amide bonds. The van der Waals surface area contributed by atoms with Gasteiger partial charge in [0.05, 0.1) is 12.5 Å². The fourth-order valence-electron chi connectivity index (χ4n) is 1.69. The van der Waals surface area contributed by atoms with Crippen molar-refractivity contribution in [2.75, 3.05) is 7.11 Å². The summed E-state index contributed by atoms with van der Waals surface area (Å²) in [5, 5.41) is 9.92. The summed E-state index contributed by atoms with van der Waals surface area (Å²) in [4.78, 5) is 11.0. The summed E-state index contributed by atoms with van der Waals surface area (Å²) in [6.45, 7) is 0. The predicted molar refractivity (Wildman–Crippen MR) is 59.3 cm³/mol. The first-order chi connectivity index (χ1) is 7.13. The monoisotopic (exact) mass is 270 g/mol. The third-order valence-corrected chi connectivity index (χ3v) is 3.27. The van der Waals surface area contributed by atoms with Crippen LogP contribution in [0.25, 0.3) is 0 Å². The Labute approximate surface area is 96.2 Å². The van der Waals surface area contributed by atoms with E-state index in [-0.39, 0.29) is 5.75 Å². The molecule has 0 bridgehead atoms. The predicted octanol–water partition coefficient (Wildman–Crippen LogP) is 2.39. The van der Waals surface area contributed by atoms with Gasteiger partial charge in [-0.2, -0.15) is 0 Å². The summed E-state index contributed by atoms with van der Waals surface area (Å²) in [6.07, 6.45) is 2.50. The molecule has 2 rings (SSSR count). The maximum atomic E-state index is 11.0. The van der Waals surface area contributed by atoms with Crippen LogP contribution in [0.3, 0.4) is 0 Å². The van der Waals surface area contributed by atoms with E-state index in [1.165, 1.54) is 7.11 Å². The highest BCUT2D eigenvalue weighted by Gasteiger charge is 2.46. The number of rotatable bonds is 3. The minimum atomic E-state index is -0.485. The number of carbonyl (C=O) groups excluding carboxylic acids is 1. The fraction of sp³-hybridized carbons (Fsp3) is 0.364. The number of aldehydes is 1. The van der Waals surface area contributed by atoms with Crippen LogP contribution >= 0.6 is 15.9 Å². The van der Waals surface area contributed by atoms with E-state index in [2.05, 4.69) is 15.9 Å². The van der Waals surface area contributed by atoms with Gasteiger partial charge in [0, 0.05) is 10.0 Å². The number of carbonyl (C=O) groups is 1. The molecule has 0 aromatic heterocycles. The number of hydrogen-bond acceptors (Lipinski definition) is 3. The Morgan fingerprint density at radius 1 is 1.53 bits per heavy atom. The molecule has 80 valence electrons. The number of phenolic OH excluding ortho intramolecular Hbond substituents is 1. The van der Waals surface area contributed by atoms with Gasteiger partial charge in [0.2, 0.25) is 0 Å². The smallest absolute Gasteiger partial charge is 0.162 e. The molecular weight excluding hydrogens is 260 g/mol. The molecule has 0 radical (unpaired) electrons. The first kappa shape index (κ1) is 10.5. The summed E-state index contributed by atoms with van der Waals surface area (Å²) < 4.78 is 5.84. The fourth-order valence-corrected chi connectivity index (χ4v) is 2.13. The summed E-state index contributed by atoms with van der Waals surface area (Å²) in [5.74, 6) is 0.470. The van der Waals surface area contributed by atoms with Crippen LogP contribution in [0.4, 0.5) is 0 Å². The number of benzene rings is 1. The summed E-state index contributed by atoms with van der Waals surface area (Å²) >= 11 is 3.33. The van der Waals surface area contributed by atoms with Gasteiger partial charge in [0.1, 0.15) is 6.29 Å². The molecule has 4 heteroatoms. The van der Waals surface area contributed by atoms with Crippen LogP contribution < -0.4 is 4.74 Å². The Bertz CT molecular complexity index is 411. The zero-order valence-electron chi connectivity index (χ0n) is 8.29. The molecule has 0 atom stereocenters. The molecule has 1 aromatic rings. The van der Waals surface area contributed by atoms with Gasteiger partial charge in [-0.15, -0.1) is 0 Å². The Balaban J connectivity index is 2.56. The van der Waals surface area contributed by atoms with E-state index in [0.29, 0.717) is 11.3 Å². The lowest BCUT2D eigenvalue weighted by Crippen LogP contribution is -2.08. The second-order valence-corrected chi connectivity index (χ2v) is 4.69. The highest BCUT2D eigenvalue weighted by Crippen LogP contribution is 2.52. The van der Waals surface area contributed by atoms with Crippen LogP contribution in [0, 0.1) is 0 Å². The molecule has 0 unspecified atom stereocenters. The topological polar surface area (TPSA) is 46.5 Å². The van der Waals surface area contributed by atoms with Crippen molar-refractivity contribution >= 4 is 22.2 Å². The van der Waals surface area contributed by atoms with Gasteiger partial charge in [-0.05, 0) is 25.0 Å². The van der Waals surface area contributed by atoms with Gasteiger partial charge >= 0.3 is 0 Å². The number of halogens is 1. The van der Waals surface area contributed by atoms with Crippen molar-refractivity contribution in [3.8, 4) is 11.5 Å². The minimum Gasteiger partial charge on any atom is -0.504 e. The maximum absolute atomic E-state index is 11.0. The van der Waals surface area contributed by atoms with Crippen LogP contribution in [0.5, 0.6) is 11.5 Å². The molecule has 1 aromatic carbocycles. The van der Waals surface area contributed by atoms with Crippen molar-refractivity contribution in [3.63, 3.8) is 0 Å².